The van der Waals surface area contributed by atoms with Crippen LogP contribution in [0.4, 0.5) is 5.69 Å². The number of primary amides is 1. The largest absolute Gasteiger partial charge is 0.364 e. The molecular formula is C24H23N7O3. The Morgan fingerprint density at radius 2 is 1.74 bits per heavy atom. The van der Waals surface area contributed by atoms with Crippen LogP contribution in [-0.4, -0.2) is 36.4 Å². The van der Waals surface area contributed by atoms with Gasteiger partial charge in [-0.3, -0.25) is 14.4 Å². The third kappa shape index (κ3) is 4.05. The van der Waals surface area contributed by atoms with Crippen LogP contribution in [0.15, 0.2) is 53.3 Å². The number of nitrogens with two attached hydrogens (primary N) is 1. The first-order valence-electron chi connectivity index (χ1n) is 11.1. The zero-order chi connectivity index (χ0) is 23.7. The van der Waals surface area contributed by atoms with Gasteiger partial charge in [0, 0.05) is 29.6 Å². The average Bonchev–Trinajstić information content (AvgIpc) is 3.09. The normalized spacial score (nSPS) is 13.3. The van der Waals surface area contributed by atoms with Gasteiger partial charge in [0.15, 0.2) is 11.5 Å². The van der Waals surface area contributed by atoms with E-state index in [0.717, 1.165) is 47.7 Å². The molecule has 1 aliphatic rings. The lowest BCUT2D eigenvalue weighted by Gasteiger charge is -2.11. The van der Waals surface area contributed by atoms with Gasteiger partial charge in [0.05, 0.1) is 5.39 Å². The molecule has 2 aromatic carbocycles. The number of aromatic nitrogens is 5. The highest BCUT2D eigenvalue weighted by Gasteiger charge is 2.17. The fourth-order valence-corrected chi connectivity index (χ4v) is 4.26. The number of carbonyl (C=O) groups is 2. The van der Waals surface area contributed by atoms with Crippen molar-refractivity contribution in [3.63, 3.8) is 0 Å². The Hall–Kier alpha value is -4.34. The molecule has 0 radical (unpaired) electrons. The summed E-state index contributed by atoms with van der Waals surface area (Å²) in [4.78, 5) is 37.2. The first-order valence-corrected chi connectivity index (χ1v) is 11.1. The number of fused-ring (bicyclic) bond motifs is 2. The van der Waals surface area contributed by atoms with Gasteiger partial charge in [-0.05, 0) is 43.2 Å². The van der Waals surface area contributed by atoms with E-state index in [1.54, 1.807) is 36.4 Å². The molecule has 0 bridgehead atoms. The lowest BCUT2D eigenvalue weighted by molar-refractivity contribution is -0.117. The number of nitrogens with zero attached hydrogens (tertiary/aromatic N) is 5. The summed E-state index contributed by atoms with van der Waals surface area (Å²) in [7, 11) is 0. The van der Waals surface area contributed by atoms with Crippen LogP contribution in [0.25, 0.3) is 22.2 Å². The Morgan fingerprint density at radius 1 is 0.971 bits per heavy atom. The molecule has 10 heteroatoms. The maximum absolute atomic E-state index is 12.8. The van der Waals surface area contributed by atoms with Crippen molar-refractivity contribution in [3.8, 4) is 11.4 Å². The second kappa shape index (κ2) is 8.89. The van der Waals surface area contributed by atoms with E-state index in [1.165, 1.54) is 6.42 Å². The highest BCUT2D eigenvalue weighted by Crippen LogP contribution is 2.24. The molecule has 3 heterocycles. The second-order valence-corrected chi connectivity index (χ2v) is 8.25. The number of benzene rings is 2. The average molecular weight is 457 g/mol. The van der Waals surface area contributed by atoms with Crippen molar-refractivity contribution in [2.24, 2.45) is 5.73 Å². The summed E-state index contributed by atoms with van der Waals surface area (Å²) in [6, 6.07) is 13.8. The van der Waals surface area contributed by atoms with E-state index in [1.807, 2.05) is 12.1 Å². The van der Waals surface area contributed by atoms with E-state index in [0.29, 0.717) is 11.1 Å². The third-order valence-electron chi connectivity index (χ3n) is 5.93. The molecule has 34 heavy (non-hydrogen) atoms. The minimum absolute atomic E-state index is 0.0557. The molecule has 0 spiro atoms. The van der Waals surface area contributed by atoms with E-state index in [2.05, 4.69) is 25.2 Å². The van der Waals surface area contributed by atoms with Crippen LogP contribution < -0.4 is 16.6 Å². The van der Waals surface area contributed by atoms with E-state index in [9.17, 15) is 14.4 Å². The number of carbonyl (C=O) groups excluding carboxylic acids is 2. The Kier molecular flexibility index (Phi) is 5.62. The topological polar surface area (TPSA) is 138 Å². The van der Waals surface area contributed by atoms with Gasteiger partial charge < -0.3 is 15.6 Å². The number of anilines is 1. The van der Waals surface area contributed by atoms with Gasteiger partial charge in [-0.15, -0.1) is 10.2 Å². The van der Waals surface area contributed by atoms with E-state index >= 15 is 0 Å². The van der Waals surface area contributed by atoms with Crippen molar-refractivity contribution in [2.45, 2.75) is 38.8 Å². The molecule has 0 unspecified atom stereocenters. The summed E-state index contributed by atoms with van der Waals surface area (Å²) in [5.41, 5.74) is 6.38. The Balaban J connectivity index is 1.35. The van der Waals surface area contributed by atoms with Crippen molar-refractivity contribution in [2.75, 3.05) is 5.32 Å². The molecule has 0 saturated heterocycles. The molecular weight excluding hydrogens is 434 g/mol. The number of amides is 2. The lowest BCUT2D eigenvalue weighted by Crippen LogP contribution is -2.32. The highest BCUT2D eigenvalue weighted by molar-refractivity contribution is 6.04. The van der Waals surface area contributed by atoms with Crippen LogP contribution in [0.2, 0.25) is 0 Å². The van der Waals surface area contributed by atoms with Gasteiger partial charge in [0.1, 0.15) is 12.4 Å². The maximum Gasteiger partial charge on any atom is 0.275 e. The van der Waals surface area contributed by atoms with Crippen LogP contribution in [0.1, 0.15) is 35.6 Å². The smallest absolute Gasteiger partial charge is 0.275 e. The van der Waals surface area contributed by atoms with Crippen LogP contribution in [0.5, 0.6) is 0 Å². The van der Waals surface area contributed by atoms with Gasteiger partial charge in [-0.2, -0.15) is 5.10 Å². The molecule has 10 nitrogen and oxygen atoms in total. The predicted octanol–water partition coefficient (Wildman–Crippen LogP) is 2.12. The van der Waals surface area contributed by atoms with Gasteiger partial charge in [-0.25, -0.2) is 4.68 Å². The summed E-state index contributed by atoms with van der Waals surface area (Å²) < 4.78 is 3.12. The number of aryl methyl sites for hydroxylation is 1. The standard InChI is InChI=1S/C24H23N7O3/c25-22(33)21-17-6-3-4-7-18(17)24(34)31(29-21)14-20(32)26-16-11-9-15(10-12-16)23-28-27-19-8-2-1-5-13-30(19)23/h3-4,6-7,9-12H,1-2,5,8,13-14H2,(H2,25,33)(H,26,32). The molecule has 5 rings (SSSR count). The fraction of sp³-hybridized carbons (Fsp3) is 0.250. The Labute approximate surface area is 194 Å². The Bertz CT molecular complexity index is 1450. The number of hydrogen-bond donors (Lipinski definition) is 2. The van der Waals surface area contributed by atoms with Crippen molar-refractivity contribution < 1.29 is 9.59 Å². The van der Waals surface area contributed by atoms with Crippen LogP contribution in [0.3, 0.4) is 0 Å². The number of rotatable bonds is 5. The lowest BCUT2D eigenvalue weighted by atomic mass is 10.1. The van der Waals surface area contributed by atoms with E-state index in [-0.39, 0.29) is 17.6 Å². The number of hydrogen-bond acceptors (Lipinski definition) is 6. The van der Waals surface area contributed by atoms with E-state index in [4.69, 9.17) is 5.73 Å². The van der Waals surface area contributed by atoms with Crippen molar-refractivity contribution >= 4 is 28.3 Å². The zero-order valence-corrected chi connectivity index (χ0v) is 18.4. The minimum Gasteiger partial charge on any atom is -0.364 e. The fourth-order valence-electron chi connectivity index (χ4n) is 4.26. The maximum atomic E-state index is 12.8. The molecule has 1 aliphatic heterocycles. The molecule has 0 atom stereocenters. The molecule has 2 amide bonds. The first kappa shape index (κ1) is 21.5. The second-order valence-electron chi connectivity index (χ2n) is 8.25. The quantitative estimate of drug-likeness (QED) is 0.471. The van der Waals surface area contributed by atoms with E-state index < -0.39 is 17.4 Å². The van der Waals surface area contributed by atoms with Gasteiger partial charge >= 0.3 is 0 Å². The van der Waals surface area contributed by atoms with Gasteiger partial charge in [0.2, 0.25) is 5.91 Å². The predicted molar refractivity (Wildman–Crippen MR) is 126 cm³/mol. The molecule has 0 aliphatic carbocycles. The summed E-state index contributed by atoms with van der Waals surface area (Å²) in [5.74, 6) is 0.603. The number of nitrogens with one attached hydrogen (secondary N) is 1. The summed E-state index contributed by atoms with van der Waals surface area (Å²) in [5, 5.41) is 16.1. The molecule has 4 aromatic rings. The molecule has 0 saturated carbocycles. The van der Waals surface area contributed by atoms with Gasteiger partial charge in [-0.1, -0.05) is 24.6 Å². The van der Waals surface area contributed by atoms with Gasteiger partial charge in [0.25, 0.3) is 11.5 Å². The molecule has 3 N–H and O–H groups in total. The van der Waals surface area contributed by atoms with Crippen molar-refractivity contribution in [1.29, 1.82) is 0 Å². The Morgan fingerprint density at radius 3 is 2.50 bits per heavy atom. The third-order valence-corrected chi connectivity index (χ3v) is 5.93. The summed E-state index contributed by atoms with van der Waals surface area (Å²) >= 11 is 0. The summed E-state index contributed by atoms with van der Waals surface area (Å²) in [6.07, 6.45) is 4.34. The molecule has 2 aromatic heterocycles. The van der Waals surface area contributed by atoms with Crippen molar-refractivity contribution in [1.82, 2.24) is 24.5 Å². The first-order chi connectivity index (χ1) is 16.5. The summed E-state index contributed by atoms with van der Waals surface area (Å²) in [6.45, 7) is 0.542. The van der Waals surface area contributed by atoms with Crippen molar-refractivity contribution in [3.05, 3.63) is 70.4 Å². The molecule has 0 fully saturated rings. The van der Waals surface area contributed by atoms with Crippen LogP contribution >= 0.6 is 0 Å². The van der Waals surface area contributed by atoms with Crippen LogP contribution in [0, 0.1) is 0 Å². The minimum atomic E-state index is -0.771. The SMILES string of the molecule is NC(=O)c1nn(CC(=O)Nc2ccc(-c3nnc4n3CCCCC4)cc2)c(=O)c2ccccc12. The van der Waals surface area contributed by atoms with Crippen LogP contribution in [-0.2, 0) is 24.3 Å². The zero-order valence-electron chi connectivity index (χ0n) is 18.4. The molecule has 172 valence electrons. The monoisotopic (exact) mass is 457 g/mol. The highest BCUT2D eigenvalue weighted by atomic mass is 16.2.